The van der Waals surface area contributed by atoms with Gasteiger partial charge in [0.15, 0.2) is 12.4 Å². The first-order valence-electron chi connectivity index (χ1n) is 8.81. The van der Waals surface area contributed by atoms with Crippen LogP contribution < -0.4 is 9.88 Å². The summed E-state index contributed by atoms with van der Waals surface area (Å²) in [6.07, 6.45) is 3.87. The number of pyridine rings is 1. The number of nitrogens with zero attached hydrogens (tertiary/aromatic N) is 2. The number of aromatic nitrogens is 1. The van der Waals surface area contributed by atoms with Crippen molar-refractivity contribution >= 4 is 23.2 Å². The molecule has 1 amide bonds. The van der Waals surface area contributed by atoms with Crippen LogP contribution >= 0.6 is 11.6 Å². The minimum atomic E-state index is -0.116. The van der Waals surface area contributed by atoms with Crippen molar-refractivity contribution in [1.29, 1.82) is 0 Å². The molecule has 1 aliphatic rings. The van der Waals surface area contributed by atoms with E-state index in [-0.39, 0.29) is 17.7 Å². The molecule has 132 valence electrons. The number of carbonyl (C=O) groups is 1. The Balaban J connectivity index is 1.68. The van der Waals surface area contributed by atoms with E-state index in [0.717, 1.165) is 31.7 Å². The summed E-state index contributed by atoms with van der Waals surface area (Å²) in [4.78, 5) is 20.5. The van der Waals surface area contributed by atoms with E-state index in [1.165, 1.54) is 5.69 Å². The summed E-state index contributed by atoms with van der Waals surface area (Å²) in [6, 6.07) is 11.8. The Bertz CT molecular complexity index is 695. The third kappa shape index (κ3) is 4.13. The normalized spacial score (nSPS) is 16.2. The maximum Gasteiger partial charge on any atom is 0.230 e. The molecule has 0 bridgehead atoms. The number of halogens is 1. The van der Waals surface area contributed by atoms with Gasteiger partial charge in [-0.2, -0.15) is 0 Å². The smallest absolute Gasteiger partial charge is 0.230 e. The van der Waals surface area contributed by atoms with Crippen molar-refractivity contribution in [2.45, 2.75) is 19.8 Å². The zero-order valence-electron chi connectivity index (χ0n) is 14.8. The van der Waals surface area contributed by atoms with E-state index >= 15 is 0 Å². The highest BCUT2D eigenvalue weighted by Crippen LogP contribution is 2.28. The molecular weight excluding hydrogens is 334 g/mol. The van der Waals surface area contributed by atoms with Crippen molar-refractivity contribution in [3.63, 3.8) is 0 Å². The minimum Gasteiger partial charge on any atom is -0.368 e. The fourth-order valence-electron chi connectivity index (χ4n) is 3.45. The van der Waals surface area contributed by atoms with Gasteiger partial charge in [0.05, 0.1) is 5.92 Å². The summed E-state index contributed by atoms with van der Waals surface area (Å²) in [6.45, 7) is 7.45. The predicted molar refractivity (Wildman–Crippen MR) is 101 cm³/mol. The molecule has 0 unspecified atom stereocenters. The number of hydrogen-bond donors (Lipinski definition) is 0. The van der Waals surface area contributed by atoms with Crippen LogP contribution in [-0.4, -0.2) is 37.0 Å². The van der Waals surface area contributed by atoms with Gasteiger partial charge in [-0.05, 0) is 23.6 Å². The number of nitrogens with one attached hydrogen (secondary N) is 1. The molecule has 3 rings (SSSR count). The molecule has 1 saturated heterocycles. The Kier molecular flexibility index (Phi) is 5.59. The van der Waals surface area contributed by atoms with Gasteiger partial charge in [-0.15, -0.1) is 0 Å². The van der Waals surface area contributed by atoms with Crippen LogP contribution in [0.25, 0.3) is 0 Å². The third-order valence-electron chi connectivity index (χ3n) is 4.82. The molecule has 5 heteroatoms. The van der Waals surface area contributed by atoms with E-state index in [0.29, 0.717) is 5.02 Å². The average molecular weight is 359 g/mol. The summed E-state index contributed by atoms with van der Waals surface area (Å²) in [5.74, 6) is 0.352. The second kappa shape index (κ2) is 7.87. The summed E-state index contributed by atoms with van der Waals surface area (Å²) in [5.41, 5.74) is 2.24. The SMILES string of the molecule is CC(C)[C@@H](C(=O)N1CCN(c2cc[nH+]cc2)CC1)c1ccc(Cl)cc1. The number of benzene rings is 1. The van der Waals surface area contributed by atoms with E-state index in [1.54, 1.807) is 0 Å². The first-order valence-corrected chi connectivity index (χ1v) is 9.19. The lowest BCUT2D eigenvalue weighted by Gasteiger charge is -2.38. The molecule has 0 aliphatic carbocycles. The highest BCUT2D eigenvalue weighted by molar-refractivity contribution is 6.30. The zero-order valence-corrected chi connectivity index (χ0v) is 15.5. The monoisotopic (exact) mass is 358 g/mol. The number of amides is 1. The van der Waals surface area contributed by atoms with Gasteiger partial charge in [0.25, 0.3) is 0 Å². The van der Waals surface area contributed by atoms with Gasteiger partial charge < -0.3 is 9.80 Å². The van der Waals surface area contributed by atoms with Crippen molar-refractivity contribution < 1.29 is 9.78 Å². The molecule has 0 radical (unpaired) electrons. The highest BCUT2D eigenvalue weighted by atomic mass is 35.5. The second-order valence-corrected chi connectivity index (χ2v) is 7.28. The lowest BCUT2D eigenvalue weighted by molar-refractivity contribution is -0.377. The molecule has 25 heavy (non-hydrogen) atoms. The minimum absolute atomic E-state index is 0.116. The van der Waals surface area contributed by atoms with Crippen LogP contribution in [0.2, 0.25) is 5.02 Å². The number of rotatable bonds is 4. The molecule has 0 saturated carbocycles. The molecule has 4 nitrogen and oxygen atoms in total. The van der Waals surface area contributed by atoms with Crippen LogP contribution in [0.5, 0.6) is 0 Å². The van der Waals surface area contributed by atoms with E-state index in [9.17, 15) is 4.79 Å². The van der Waals surface area contributed by atoms with Crippen LogP contribution in [0.4, 0.5) is 5.69 Å². The molecule has 2 heterocycles. The lowest BCUT2D eigenvalue weighted by Crippen LogP contribution is -2.50. The number of H-pyrrole nitrogens is 1. The summed E-state index contributed by atoms with van der Waals surface area (Å²) >= 11 is 6.00. The molecule has 1 aromatic heterocycles. The maximum atomic E-state index is 13.1. The van der Waals surface area contributed by atoms with Gasteiger partial charge in [0.2, 0.25) is 5.91 Å². The van der Waals surface area contributed by atoms with Crippen molar-refractivity contribution in [3.05, 3.63) is 59.4 Å². The zero-order chi connectivity index (χ0) is 17.8. The van der Waals surface area contributed by atoms with Gasteiger partial charge in [-0.3, -0.25) is 4.79 Å². The molecule has 1 aromatic carbocycles. The molecule has 0 spiro atoms. The summed E-state index contributed by atoms with van der Waals surface area (Å²) in [7, 11) is 0. The number of aromatic amines is 1. The molecule has 1 fully saturated rings. The third-order valence-corrected chi connectivity index (χ3v) is 5.07. The summed E-state index contributed by atoms with van der Waals surface area (Å²) in [5, 5.41) is 0.701. The largest absolute Gasteiger partial charge is 0.368 e. The van der Waals surface area contributed by atoms with E-state index < -0.39 is 0 Å². The number of anilines is 1. The first kappa shape index (κ1) is 17.7. The second-order valence-electron chi connectivity index (χ2n) is 6.84. The lowest BCUT2D eigenvalue weighted by atomic mass is 9.87. The fourth-order valence-corrected chi connectivity index (χ4v) is 3.58. The van der Waals surface area contributed by atoms with Crippen LogP contribution in [-0.2, 0) is 4.79 Å². The molecule has 2 aromatic rings. The van der Waals surface area contributed by atoms with E-state index in [1.807, 2.05) is 41.6 Å². The van der Waals surface area contributed by atoms with Crippen molar-refractivity contribution in [2.24, 2.45) is 5.92 Å². The Labute approximate surface area is 154 Å². The first-order chi connectivity index (χ1) is 12.1. The average Bonchev–Trinajstić information content (AvgIpc) is 2.64. The number of carbonyl (C=O) groups excluding carboxylic acids is 1. The fraction of sp³-hybridized carbons (Fsp3) is 0.400. The summed E-state index contributed by atoms with van der Waals surface area (Å²) < 4.78 is 0. The van der Waals surface area contributed by atoms with E-state index in [2.05, 4.69) is 35.9 Å². The van der Waals surface area contributed by atoms with Gasteiger partial charge in [-0.25, -0.2) is 4.98 Å². The Morgan fingerprint density at radius 3 is 2.16 bits per heavy atom. The van der Waals surface area contributed by atoms with Crippen molar-refractivity contribution in [1.82, 2.24) is 4.90 Å². The van der Waals surface area contributed by atoms with Crippen LogP contribution in [0.15, 0.2) is 48.8 Å². The molecule has 1 N–H and O–H groups in total. The number of piperazine rings is 1. The van der Waals surface area contributed by atoms with Gasteiger partial charge >= 0.3 is 0 Å². The topological polar surface area (TPSA) is 37.7 Å². The van der Waals surface area contributed by atoms with Gasteiger partial charge in [-0.1, -0.05) is 37.6 Å². The van der Waals surface area contributed by atoms with Crippen LogP contribution in [0, 0.1) is 5.92 Å². The van der Waals surface area contributed by atoms with Crippen molar-refractivity contribution in [2.75, 3.05) is 31.1 Å². The predicted octanol–water partition coefficient (Wildman–Crippen LogP) is 3.24. The Morgan fingerprint density at radius 2 is 1.60 bits per heavy atom. The van der Waals surface area contributed by atoms with Crippen LogP contribution in [0.1, 0.15) is 25.3 Å². The quantitative estimate of drug-likeness (QED) is 0.841. The Hall–Kier alpha value is -2.07. The standard InChI is InChI=1S/C20H24ClN3O/c1-15(2)19(16-3-5-17(21)6-4-16)20(25)24-13-11-23(12-14-24)18-7-9-22-10-8-18/h3-10,15,19H,11-14H2,1-2H3/p+1/t19-/m1/s1. The highest BCUT2D eigenvalue weighted by Gasteiger charge is 2.30. The number of hydrogen-bond acceptors (Lipinski definition) is 2. The Morgan fingerprint density at radius 1 is 1.00 bits per heavy atom. The molecule has 1 aliphatic heterocycles. The van der Waals surface area contributed by atoms with Gasteiger partial charge in [0.1, 0.15) is 0 Å². The van der Waals surface area contributed by atoms with Crippen LogP contribution in [0.3, 0.4) is 0 Å². The molecular formula is C20H25ClN3O+. The van der Waals surface area contributed by atoms with Gasteiger partial charge in [0, 0.05) is 49.0 Å². The van der Waals surface area contributed by atoms with E-state index in [4.69, 9.17) is 11.6 Å². The van der Waals surface area contributed by atoms with Crippen molar-refractivity contribution in [3.8, 4) is 0 Å². The molecule has 1 atom stereocenters. The maximum absolute atomic E-state index is 13.1.